The minimum atomic E-state index is -0.514. The molecule has 0 aliphatic rings. The minimum absolute atomic E-state index is 0.0154. The average Bonchev–Trinajstić information content (AvgIpc) is 2.74. The first-order chi connectivity index (χ1) is 7.63. The zero-order chi connectivity index (χ0) is 11.7. The molecule has 16 heavy (non-hydrogen) atoms. The molecule has 0 bridgehead atoms. The molecule has 1 aromatic heterocycles. The van der Waals surface area contributed by atoms with Gasteiger partial charge in [-0.3, -0.25) is 0 Å². The Balaban J connectivity index is 2.49. The maximum absolute atomic E-state index is 13.9. The van der Waals surface area contributed by atoms with Gasteiger partial charge < -0.3 is 9.73 Å². The van der Waals surface area contributed by atoms with E-state index in [0.717, 1.165) is 0 Å². The molecule has 2 aromatic rings. The summed E-state index contributed by atoms with van der Waals surface area (Å²) in [6, 6.07) is 2.74. The lowest BCUT2D eigenvalue weighted by Gasteiger charge is -2.11. The van der Waals surface area contributed by atoms with Gasteiger partial charge in [0.25, 0.3) is 0 Å². The van der Waals surface area contributed by atoms with Gasteiger partial charge in [-0.2, -0.15) is 0 Å². The molecular formula is C12H13F2NO. The van der Waals surface area contributed by atoms with Crippen LogP contribution in [0.5, 0.6) is 0 Å². The van der Waals surface area contributed by atoms with Crippen LogP contribution < -0.4 is 5.32 Å². The zero-order valence-electron chi connectivity index (χ0n) is 9.18. The Morgan fingerprint density at radius 3 is 2.88 bits per heavy atom. The number of nitrogens with one attached hydrogen (secondary N) is 1. The van der Waals surface area contributed by atoms with Crippen molar-refractivity contribution in [1.29, 1.82) is 0 Å². The summed E-state index contributed by atoms with van der Waals surface area (Å²) < 4.78 is 32.3. The Bertz CT molecular complexity index is 507. The quantitative estimate of drug-likeness (QED) is 0.868. The summed E-state index contributed by atoms with van der Waals surface area (Å²) in [5.74, 6) is -0.910. The van der Waals surface area contributed by atoms with Crippen molar-refractivity contribution in [3.63, 3.8) is 0 Å². The van der Waals surface area contributed by atoms with E-state index in [-0.39, 0.29) is 17.0 Å². The highest BCUT2D eigenvalue weighted by atomic mass is 19.1. The van der Waals surface area contributed by atoms with Gasteiger partial charge in [-0.15, -0.1) is 0 Å². The van der Waals surface area contributed by atoms with E-state index in [1.165, 1.54) is 18.4 Å². The van der Waals surface area contributed by atoms with E-state index >= 15 is 0 Å². The number of likely N-dealkylation sites (N-methyl/N-ethyl adjacent to an activating group) is 1. The molecule has 0 saturated carbocycles. The van der Waals surface area contributed by atoms with Crippen LogP contribution in [0.3, 0.4) is 0 Å². The topological polar surface area (TPSA) is 25.2 Å². The lowest BCUT2D eigenvalue weighted by Crippen LogP contribution is -2.24. The number of furan rings is 1. The molecule has 1 unspecified atom stereocenters. The van der Waals surface area contributed by atoms with Gasteiger partial charge >= 0.3 is 0 Å². The molecule has 1 aromatic carbocycles. The van der Waals surface area contributed by atoms with Crippen LogP contribution >= 0.6 is 0 Å². The molecule has 0 aliphatic heterocycles. The molecule has 1 heterocycles. The number of halogens is 2. The minimum Gasteiger partial charge on any atom is -0.461 e. The van der Waals surface area contributed by atoms with E-state index in [2.05, 4.69) is 5.32 Å². The number of rotatable bonds is 3. The molecule has 0 radical (unpaired) electrons. The maximum Gasteiger partial charge on any atom is 0.172 e. The van der Waals surface area contributed by atoms with E-state index in [9.17, 15) is 8.78 Å². The zero-order valence-corrected chi connectivity index (χ0v) is 9.18. The molecule has 0 spiro atoms. The van der Waals surface area contributed by atoms with Gasteiger partial charge in [0, 0.05) is 6.04 Å². The highest BCUT2D eigenvalue weighted by molar-refractivity contribution is 5.79. The lowest BCUT2D eigenvalue weighted by molar-refractivity contribution is 0.540. The highest BCUT2D eigenvalue weighted by Crippen LogP contribution is 2.25. The molecule has 0 fully saturated rings. The fourth-order valence-electron chi connectivity index (χ4n) is 1.70. The van der Waals surface area contributed by atoms with Gasteiger partial charge in [-0.05, 0) is 38.1 Å². The van der Waals surface area contributed by atoms with Crippen molar-refractivity contribution in [3.8, 4) is 0 Å². The summed E-state index contributed by atoms with van der Waals surface area (Å²) in [4.78, 5) is 0. The van der Waals surface area contributed by atoms with Crippen LogP contribution in [-0.2, 0) is 6.42 Å². The lowest BCUT2D eigenvalue weighted by atomic mass is 10.0. The second-order valence-electron chi connectivity index (χ2n) is 3.89. The molecule has 2 rings (SSSR count). The third-order valence-electron chi connectivity index (χ3n) is 2.72. The third kappa shape index (κ3) is 1.80. The molecular weight excluding hydrogens is 212 g/mol. The smallest absolute Gasteiger partial charge is 0.172 e. The van der Waals surface area contributed by atoms with E-state index in [1.54, 1.807) is 7.05 Å². The van der Waals surface area contributed by atoms with Crippen molar-refractivity contribution in [2.45, 2.75) is 19.4 Å². The van der Waals surface area contributed by atoms with Crippen molar-refractivity contribution in [3.05, 3.63) is 35.6 Å². The third-order valence-corrected chi connectivity index (χ3v) is 2.72. The Morgan fingerprint density at radius 1 is 1.44 bits per heavy atom. The maximum atomic E-state index is 13.9. The Labute approximate surface area is 92.2 Å². The van der Waals surface area contributed by atoms with Crippen molar-refractivity contribution in [1.82, 2.24) is 5.32 Å². The number of fused-ring (bicyclic) bond motifs is 1. The number of hydrogen-bond donors (Lipinski definition) is 1. The Hall–Kier alpha value is -1.42. The van der Waals surface area contributed by atoms with Gasteiger partial charge in [0.1, 0.15) is 5.82 Å². The second kappa shape index (κ2) is 4.22. The first kappa shape index (κ1) is 11.1. The Kier molecular flexibility index (Phi) is 2.92. The SMILES string of the molecule is CNC(C)Cc1cc(F)c2occc2c1F. The van der Waals surface area contributed by atoms with Gasteiger partial charge in [-0.1, -0.05) is 0 Å². The van der Waals surface area contributed by atoms with Crippen molar-refractivity contribution < 1.29 is 13.2 Å². The molecule has 0 saturated heterocycles. The van der Waals surface area contributed by atoms with Gasteiger partial charge in [0.15, 0.2) is 11.4 Å². The molecule has 1 N–H and O–H groups in total. The van der Waals surface area contributed by atoms with Crippen molar-refractivity contribution >= 4 is 11.0 Å². The molecule has 0 aliphatic carbocycles. The van der Waals surface area contributed by atoms with Crippen molar-refractivity contribution in [2.24, 2.45) is 0 Å². The summed E-state index contributed by atoms with van der Waals surface area (Å²) in [7, 11) is 1.79. The fraction of sp³-hybridized carbons (Fsp3) is 0.333. The predicted molar refractivity (Wildman–Crippen MR) is 58.4 cm³/mol. The van der Waals surface area contributed by atoms with E-state index in [4.69, 9.17) is 4.42 Å². The first-order valence-corrected chi connectivity index (χ1v) is 5.14. The van der Waals surface area contributed by atoms with Crippen LogP contribution in [0, 0.1) is 11.6 Å². The standard InChI is InChI=1S/C12H13F2NO/c1-7(15-2)5-8-6-10(13)12-9(11(8)14)3-4-16-12/h3-4,6-7,15H,5H2,1-2H3. The molecule has 0 amide bonds. The van der Waals surface area contributed by atoms with Crippen molar-refractivity contribution in [2.75, 3.05) is 7.05 Å². The molecule has 1 atom stereocenters. The average molecular weight is 225 g/mol. The fourth-order valence-corrected chi connectivity index (χ4v) is 1.70. The van der Waals surface area contributed by atoms with Crippen LogP contribution in [0.25, 0.3) is 11.0 Å². The van der Waals surface area contributed by atoms with Crippen LogP contribution in [0.4, 0.5) is 8.78 Å². The summed E-state index contributed by atoms with van der Waals surface area (Å²) in [6.07, 6.45) is 1.74. The van der Waals surface area contributed by atoms with Crippen LogP contribution in [0.2, 0.25) is 0 Å². The van der Waals surface area contributed by atoms with Gasteiger partial charge in [0.2, 0.25) is 0 Å². The summed E-state index contributed by atoms with van der Waals surface area (Å²) in [6.45, 7) is 1.91. The normalized spacial score (nSPS) is 13.2. The van der Waals surface area contributed by atoms with E-state index < -0.39 is 11.6 Å². The largest absolute Gasteiger partial charge is 0.461 e. The molecule has 86 valence electrons. The molecule has 4 heteroatoms. The van der Waals surface area contributed by atoms with E-state index in [0.29, 0.717) is 12.0 Å². The van der Waals surface area contributed by atoms with Crippen LogP contribution in [0.15, 0.2) is 22.8 Å². The van der Waals surface area contributed by atoms with Gasteiger partial charge in [-0.25, -0.2) is 8.78 Å². The predicted octanol–water partition coefficient (Wildman–Crippen LogP) is 2.86. The summed E-state index contributed by atoms with van der Waals surface area (Å²) in [5, 5.41) is 3.20. The first-order valence-electron chi connectivity index (χ1n) is 5.14. The van der Waals surface area contributed by atoms with Crippen LogP contribution in [0.1, 0.15) is 12.5 Å². The Morgan fingerprint density at radius 2 is 2.19 bits per heavy atom. The second-order valence-corrected chi connectivity index (χ2v) is 3.89. The summed E-state index contributed by atoms with van der Waals surface area (Å²) in [5.41, 5.74) is 0.353. The molecule has 2 nitrogen and oxygen atoms in total. The van der Waals surface area contributed by atoms with Crippen LogP contribution in [-0.4, -0.2) is 13.1 Å². The summed E-state index contributed by atoms with van der Waals surface area (Å²) >= 11 is 0. The highest BCUT2D eigenvalue weighted by Gasteiger charge is 2.15. The number of hydrogen-bond acceptors (Lipinski definition) is 2. The monoisotopic (exact) mass is 225 g/mol. The van der Waals surface area contributed by atoms with E-state index in [1.807, 2.05) is 6.92 Å². The van der Waals surface area contributed by atoms with Gasteiger partial charge in [0.05, 0.1) is 11.6 Å². The number of benzene rings is 1.